The average Bonchev–Trinajstić information content (AvgIpc) is 2.12. The van der Waals surface area contributed by atoms with Crippen LogP contribution in [0.1, 0.15) is 83.1 Å². The van der Waals surface area contributed by atoms with Gasteiger partial charge in [-0.2, -0.15) is 0 Å². The van der Waals surface area contributed by atoms with Gasteiger partial charge >= 0.3 is 20.4 Å². The maximum absolute atomic E-state index is 2.35. The first-order chi connectivity index (χ1) is 8.93. The predicted molar refractivity (Wildman–Crippen MR) is 106 cm³/mol. The van der Waals surface area contributed by atoms with Gasteiger partial charge in [0.2, 0.25) is 0 Å². The Hall–Kier alpha value is 1.81. The van der Waals surface area contributed by atoms with E-state index in [9.17, 15) is 0 Å². The van der Waals surface area contributed by atoms with Crippen LogP contribution in [-0.2, 0) is 20.4 Å². The SMILES string of the molecule is CC(C)P(C(C)C)C(C)C.CC(C)P(C(C)C)C(C)C.[Cl-].[PdH+]. The summed E-state index contributed by atoms with van der Waals surface area (Å²) in [6.07, 6.45) is 0. The van der Waals surface area contributed by atoms with E-state index in [4.69, 9.17) is 0 Å². The van der Waals surface area contributed by atoms with E-state index < -0.39 is 0 Å². The van der Waals surface area contributed by atoms with E-state index in [1.54, 1.807) is 0 Å². The molecule has 142 valence electrons. The van der Waals surface area contributed by atoms with Crippen molar-refractivity contribution in [3.8, 4) is 0 Å². The monoisotopic (exact) mass is 462 g/mol. The summed E-state index contributed by atoms with van der Waals surface area (Å²) in [5.74, 6) is 0. The molecule has 0 aromatic rings. The van der Waals surface area contributed by atoms with Crippen molar-refractivity contribution in [3.05, 3.63) is 0 Å². The molecule has 0 aliphatic carbocycles. The van der Waals surface area contributed by atoms with Gasteiger partial charge in [-0.25, -0.2) is 0 Å². The first-order valence-electron chi connectivity index (χ1n) is 8.48. The Morgan fingerprint density at radius 1 is 0.364 bits per heavy atom. The zero-order valence-corrected chi connectivity index (χ0v) is 21.3. The molecule has 4 heteroatoms. The minimum absolute atomic E-state index is 0. The van der Waals surface area contributed by atoms with Gasteiger partial charge in [0, 0.05) is 0 Å². The van der Waals surface area contributed by atoms with Crippen molar-refractivity contribution in [1.29, 1.82) is 0 Å². The Morgan fingerprint density at radius 3 is 0.455 bits per heavy atom. The maximum atomic E-state index is 2.35. The van der Waals surface area contributed by atoms with Crippen LogP contribution in [0.25, 0.3) is 0 Å². The van der Waals surface area contributed by atoms with E-state index in [1.807, 2.05) is 0 Å². The summed E-state index contributed by atoms with van der Waals surface area (Å²) in [4.78, 5) is 0. The van der Waals surface area contributed by atoms with Crippen molar-refractivity contribution in [1.82, 2.24) is 0 Å². The summed E-state index contributed by atoms with van der Waals surface area (Å²) < 4.78 is 0. The van der Waals surface area contributed by atoms with Crippen LogP contribution in [-0.4, -0.2) is 34.0 Å². The van der Waals surface area contributed by atoms with Crippen LogP contribution in [0.5, 0.6) is 0 Å². The number of hydrogen-bond acceptors (Lipinski definition) is 0. The Labute approximate surface area is 165 Å². The fourth-order valence-corrected chi connectivity index (χ4v) is 10.7. The molecular weight excluding hydrogens is 420 g/mol. The van der Waals surface area contributed by atoms with Crippen LogP contribution in [0.2, 0.25) is 0 Å². The third-order valence-corrected chi connectivity index (χ3v) is 10.7. The zero-order valence-electron chi connectivity index (χ0n) is 17.1. The van der Waals surface area contributed by atoms with Crippen LogP contribution < -0.4 is 12.4 Å². The fourth-order valence-electron chi connectivity index (χ4n) is 3.58. The van der Waals surface area contributed by atoms with E-state index in [-0.39, 0.29) is 48.7 Å². The molecule has 0 spiro atoms. The molecule has 0 bridgehead atoms. The van der Waals surface area contributed by atoms with Gasteiger partial charge in [0.25, 0.3) is 0 Å². The number of halogens is 1. The second kappa shape index (κ2) is 16.3. The fraction of sp³-hybridized carbons (Fsp3) is 1.00. The van der Waals surface area contributed by atoms with Crippen LogP contribution >= 0.6 is 15.8 Å². The molecule has 0 aromatic carbocycles. The van der Waals surface area contributed by atoms with Gasteiger partial charge in [0.1, 0.15) is 0 Å². The zero-order chi connectivity index (χ0) is 16.6. The third-order valence-electron chi connectivity index (χ3n) is 3.58. The Balaban J connectivity index is -0.000000135. The quantitative estimate of drug-likeness (QED) is 0.411. The van der Waals surface area contributed by atoms with Gasteiger partial charge in [0.15, 0.2) is 0 Å². The number of hydrogen-bond donors (Lipinski definition) is 0. The molecule has 0 heterocycles. The molecule has 0 N–H and O–H groups in total. The standard InChI is InChI=1S/2C9H21P.ClH.Pd.H/c2*1-7(2)10(8(3)4)9(5)6;;;/h2*7-9H,1-6H3;1H;;/q;;;+1;/p-1. The van der Waals surface area contributed by atoms with Gasteiger partial charge in [-0.15, -0.1) is 0 Å². The molecule has 0 saturated heterocycles. The second-order valence-electron chi connectivity index (χ2n) is 7.46. The van der Waals surface area contributed by atoms with Gasteiger partial charge in [0.05, 0.1) is 0 Å². The first kappa shape index (κ1) is 31.6. The normalized spacial score (nSPS) is 11.5. The van der Waals surface area contributed by atoms with Gasteiger partial charge in [-0.1, -0.05) is 98.9 Å². The summed E-state index contributed by atoms with van der Waals surface area (Å²) in [5.41, 5.74) is 5.39. The topological polar surface area (TPSA) is 0 Å². The Kier molecular flexibility index (Phi) is 23.4. The van der Waals surface area contributed by atoms with Gasteiger partial charge in [-0.3, -0.25) is 0 Å². The van der Waals surface area contributed by atoms with Crippen molar-refractivity contribution in [2.45, 2.75) is 117 Å². The van der Waals surface area contributed by atoms with Gasteiger partial charge < -0.3 is 12.4 Å². The average molecular weight is 463 g/mol. The molecule has 0 unspecified atom stereocenters. The van der Waals surface area contributed by atoms with Crippen molar-refractivity contribution >= 4 is 15.8 Å². The second-order valence-corrected chi connectivity index (χ2v) is 15.4. The summed E-state index contributed by atoms with van der Waals surface area (Å²) in [7, 11) is 0.525. The molecule has 0 amide bonds. The first-order valence-corrected chi connectivity index (χ1v) is 11.6. The summed E-state index contributed by atoms with van der Waals surface area (Å²) in [5, 5.41) is 0. The van der Waals surface area contributed by atoms with Crippen LogP contribution in [0, 0.1) is 0 Å². The molecule has 0 fully saturated rings. The molecule has 0 nitrogen and oxygen atoms in total. The molecule has 0 aliphatic heterocycles. The van der Waals surface area contributed by atoms with Crippen molar-refractivity contribution in [3.63, 3.8) is 0 Å². The van der Waals surface area contributed by atoms with Crippen LogP contribution in [0.15, 0.2) is 0 Å². The minimum atomic E-state index is 0. The van der Waals surface area contributed by atoms with E-state index in [0.717, 1.165) is 34.0 Å². The molecule has 0 atom stereocenters. The van der Waals surface area contributed by atoms with Crippen molar-refractivity contribution < 1.29 is 32.8 Å². The summed E-state index contributed by atoms with van der Waals surface area (Å²) >= 11 is 0. The molecule has 0 saturated carbocycles. The molecule has 1 radical (unpaired) electrons. The van der Waals surface area contributed by atoms with E-state index >= 15 is 0 Å². The van der Waals surface area contributed by atoms with Crippen LogP contribution in [0.4, 0.5) is 0 Å². The molecule has 0 aliphatic rings. The molecular formula is C18H43ClP2Pd. The van der Waals surface area contributed by atoms with E-state index in [2.05, 4.69) is 83.1 Å². The number of rotatable bonds is 6. The third kappa shape index (κ3) is 14.2. The predicted octanol–water partition coefficient (Wildman–Crippen LogP) is 4.12. The van der Waals surface area contributed by atoms with E-state index in [0.29, 0.717) is 0 Å². The molecule has 22 heavy (non-hydrogen) atoms. The van der Waals surface area contributed by atoms with E-state index in [1.165, 1.54) is 0 Å². The van der Waals surface area contributed by atoms with Crippen molar-refractivity contribution in [2.24, 2.45) is 0 Å². The van der Waals surface area contributed by atoms with Gasteiger partial charge in [-0.05, 0) is 34.0 Å². The Morgan fingerprint density at radius 2 is 0.455 bits per heavy atom. The Bertz CT molecular complexity index is 167. The molecule has 0 rings (SSSR count). The summed E-state index contributed by atoms with van der Waals surface area (Å²) in [6.45, 7) is 28.2. The van der Waals surface area contributed by atoms with Crippen LogP contribution in [0.3, 0.4) is 0 Å². The molecule has 0 aromatic heterocycles. The summed E-state index contributed by atoms with van der Waals surface area (Å²) in [6, 6.07) is 0. The van der Waals surface area contributed by atoms with Crippen molar-refractivity contribution in [2.75, 3.05) is 0 Å².